The quantitative estimate of drug-likeness (QED) is 0.918. The number of nitrogens with one attached hydrogen (secondary N) is 1. The van der Waals surface area contributed by atoms with E-state index < -0.39 is 0 Å². The molecule has 0 spiro atoms. The third kappa shape index (κ3) is 2.78. The van der Waals surface area contributed by atoms with E-state index in [1.165, 1.54) is 30.4 Å². The third-order valence-corrected chi connectivity index (χ3v) is 4.43. The summed E-state index contributed by atoms with van der Waals surface area (Å²) >= 11 is 0. The number of hydrogen-bond donors (Lipinski definition) is 1. The van der Waals surface area contributed by atoms with Gasteiger partial charge in [-0.3, -0.25) is 0 Å². The van der Waals surface area contributed by atoms with Crippen LogP contribution in [-0.4, -0.2) is 15.6 Å². The lowest BCUT2D eigenvalue weighted by Crippen LogP contribution is -2.35. The monoisotopic (exact) mass is 269 g/mol. The fourth-order valence-electron chi connectivity index (χ4n) is 3.23. The van der Waals surface area contributed by atoms with Gasteiger partial charge in [0.05, 0.1) is 6.33 Å². The second-order valence-corrected chi connectivity index (χ2v) is 5.91. The van der Waals surface area contributed by atoms with Crippen LogP contribution in [0.3, 0.4) is 0 Å². The zero-order valence-corrected chi connectivity index (χ0v) is 12.3. The molecule has 20 heavy (non-hydrogen) atoms. The van der Waals surface area contributed by atoms with Crippen molar-refractivity contribution in [1.82, 2.24) is 14.9 Å². The molecule has 0 bridgehead atoms. The van der Waals surface area contributed by atoms with Gasteiger partial charge in [-0.25, -0.2) is 4.98 Å². The number of aromatic nitrogens is 2. The van der Waals surface area contributed by atoms with E-state index in [4.69, 9.17) is 0 Å². The summed E-state index contributed by atoms with van der Waals surface area (Å²) in [5.41, 5.74) is 2.69. The number of hydrogen-bond acceptors (Lipinski definition) is 2. The molecule has 3 unspecified atom stereocenters. The summed E-state index contributed by atoms with van der Waals surface area (Å²) in [7, 11) is 0. The Labute approximate surface area is 121 Å². The SMILES string of the molecule is Cc1ccc(C(C)NC2CCCC2n2ccnc2)cc1. The Morgan fingerprint density at radius 1 is 1.25 bits per heavy atom. The Hall–Kier alpha value is -1.61. The Kier molecular flexibility index (Phi) is 3.88. The van der Waals surface area contributed by atoms with Gasteiger partial charge >= 0.3 is 0 Å². The van der Waals surface area contributed by atoms with Crippen molar-refractivity contribution in [1.29, 1.82) is 0 Å². The van der Waals surface area contributed by atoms with Crippen molar-refractivity contribution < 1.29 is 0 Å². The number of nitrogens with zero attached hydrogens (tertiary/aromatic N) is 2. The first-order chi connectivity index (χ1) is 9.74. The molecule has 3 heteroatoms. The molecule has 1 saturated carbocycles. The van der Waals surface area contributed by atoms with Crippen molar-refractivity contribution in [2.45, 2.75) is 51.2 Å². The predicted molar refractivity (Wildman–Crippen MR) is 81.6 cm³/mol. The van der Waals surface area contributed by atoms with Crippen LogP contribution in [0.5, 0.6) is 0 Å². The molecule has 3 nitrogen and oxygen atoms in total. The van der Waals surface area contributed by atoms with Crippen LogP contribution in [0.2, 0.25) is 0 Å². The molecule has 3 rings (SSSR count). The molecule has 1 heterocycles. The second kappa shape index (κ2) is 5.80. The molecule has 2 aromatic rings. The fraction of sp³-hybridized carbons (Fsp3) is 0.471. The summed E-state index contributed by atoms with van der Waals surface area (Å²) < 4.78 is 2.26. The summed E-state index contributed by atoms with van der Waals surface area (Å²) in [4.78, 5) is 4.18. The molecule has 1 N–H and O–H groups in total. The van der Waals surface area contributed by atoms with E-state index in [1.54, 1.807) is 0 Å². The zero-order chi connectivity index (χ0) is 13.9. The Morgan fingerprint density at radius 2 is 2.05 bits per heavy atom. The Balaban J connectivity index is 1.68. The van der Waals surface area contributed by atoms with Crippen molar-refractivity contribution >= 4 is 0 Å². The van der Waals surface area contributed by atoms with Gasteiger partial charge in [-0.05, 0) is 38.7 Å². The zero-order valence-electron chi connectivity index (χ0n) is 12.3. The Bertz CT molecular complexity index is 530. The second-order valence-electron chi connectivity index (χ2n) is 5.91. The molecule has 0 radical (unpaired) electrons. The van der Waals surface area contributed by atoms with Crippen LogP contribution in [0, 0.1) is 6.92 Å². The maximum atomic E-state index is 4.18. The van der Waals surface area contributed by atoms with E-state index in [1.807, 2.05) is 12.5 Å². The number of aryl methyl sites for hydroxylation is 1. The normalized spacial score (nSPS) is 23.9. The molecule has 1 aliphatic rings. The van der Waals surface area contributed by atoms with Crippen LogP contribution in [0.4, 0.5) is 0 Å². The van der Waals surface area contributed by atoms with E-state index >= 15 is 0 Å². The van der Waals surface area contributed by atoms with E-state index in [0.29, 0.717) is 18.1 Å². The highest BCUT2D eigenvalue weighted by molar-refractivity contribution is 5.23. The van der Waals surface area contributed by atoms with E-state index in [2.05, 4.69) is 59.2 Å². The average Bonchev–Trinajstić information content (AvgIpc) is 3.09. The van der Waals surface area contributed by atoms with Crippen molar-refractivity contribution in [2.24, 2.45) is 0 Å². The average molecular weight is 269 g/mol. The highest BCUT2D eigenvalue weighted by atomic mass is 15.1. The summed E-state index contributed by atoms with van der Waals surface area (Å²) in [6.07, 6.45) is 9.69. The summed E-state index contributed by atoms with van der Waals surface area (Å²) in [5, 5.41) is 3.80. The minimum Gasteiger partial charge on any atom is -0.333 e. The third-order valence-electron chi connectivity index (χ3n) is 4.43. The Morgan fingerprint density at radius 3 is 2.75 bits per heavy atom. The topological polar surface area (TPSA) is 29.9 Å². The summed E-state index contributed by atoms with van der Waals surface area (Å²) in [5.74, 6) is 0. The van der Waals surface area contributed by atoms with Gasteiger partial charge in [-0.15, -0.1) is 0 Å². The molecule has 1 aromatic carbocycles. The van der Waals surface area contributed by atoms with Crippen molar-refractivity contribution in [3.63, 3.8) is 0 Å². The fourth-order valence-corrected chi connectivity index (χ4v) is 3.23. The molecule has 1 aromatic heterocycles. The van der Waals surface area contributed by atoms with Gasteiger partial charge in [-0.2, -0.15) is 0 Å². The maximum Gasteiger partial charge on any atom is 0.0949 e. The number of rotatable bonds is 4. The smallest absolute Gasteiger partial charge is 0.0949 e. The van der Waals surface area contributed by atoms with Gasteiger partial charge in [0.15, 0.2) is 0 Å². The van der Waals surface area contributed by atoms with E-state index in [9.17, 15) is 0 Å². The standard InChI is InChI=1S/C17H23N3/c1-13-6-8-15(9-7-13)14(2)19-16-4-3-5-17(16)20-11-10-18-12-20/h6-12,14,16-17,19H,3-5H2,1-2H3. The van der Waals surface area contributed by atoms with Crippen LogP contribution in [-0.2, 0) is 0 Å². The van der Waals surface area contributed by atoms with Gasteiger partial charge < -0.3 is 9.88 Å². The lowest BCUT2D eigenvalue weighted by Gasteiger charge is -2.26. The summed E-state index contributed by atoms with van der Waals surface area (Å²) in [6, 6.07) is 10.3. The minimum absolute atomic E-state index is 0.393. The molecular weight excluding hydrogens is 246 g/mol. The van der Waals surface area contributed by atoms with Gasteiger partial charge in [0.25, 0.3) is 0 Å². The molecule has 3 atom stereocenters. The maximum absolute atomic E-state index is 4.18. The molecule has 0 amide bonds. The van der Waals surface area contributed by atoms with E-state index in [0.717, 1.165) is 0 Å². The molecular formula is C17H23N3. The first-order valence-corrected chi connectivity index (χ1v) is 7.54. The first kappa shape index (κ1) is 13.4. The lowest BCUT2D eigenvalue weighted by atomic mass is 10.0. The van der Waals surface area contributed by atoms with Crippen LogP contribution in [0.1, 0.15) is 49.4 Å². The van der Waals surface area contributed by atoms with Gasteiger partial charge in [0.2, 0.25) is 0 Å². The molecule has 0 saturated heterocycles. The predicted octanol–water partition coefficient (Wildman–Crippen LogP) is 3.64. The van der Waals surface area contributed by atoms with Crippen molar-refractivity contribution in [3.05, 3.63) is 54.1 Å². The van der Waals surface area contributed by atoms with Crippen molar-refractivity contribution in [2.75, 3.05) is 0 Å². The molecule has 106 valence electrons. The van der Waals surface area contributed by atoms with E-state index in [-0.39, 0.29) is 0 Å². The lowest BCUT2D eigenvalue weighted by molar-refractivity contribution is 0.362. The van der Waals surface area contributed by atoms with Gasteiger partial charge in [-0.1, -0.05) is 29.8 Å². The van der Waals surface area contributed by atoms with Crippen LogP contribution in [0.25, 0.3) is 0 Å². The highest BCUT2D eigenvalue weighted by Gasteiger charge is 2.29. The largest absolute Gasteiger partial charge is 0.333 e. The first-order valence-electron chi connectivity index (χ1n) is 7.54. The highest BCUT2D eigenvalue weighted by Crippen LogP contribution is 2.31. The number of imidazole rings is 1. The molecule has 1 aliphatic carbocycles. The minimum atomic E-state index is 0.393. The van der Waals surface area contributed by atoms with Gasteiger partial charge in [0.1, 0.15) is 0 Å². The van der Waals surface area contributed by atoms with Crippen LogP contribution in [0.15, 0.2) is 43.0 Å². The van der Waals surface area contributed by atoms with Gasteiger partial charge in [0, 0.05) is 30.5 Å². The molecule has 1 fully saturated rings. The van der Waals surface area contributed by atoms with Crippen LogP contribution >= 0.6 is 0 Å². The van der Waals surface area contributed by atoms with Crippen molar-refractivity contribution in [3.8, 4) is 0 Å². The van der Waals surface area contributed by atoms with Crippen LogP contribution < -0.4 is 5.32 Å². The number of benzene rings is 1. The summed E-state index contributed by atoms with van der Waals surface area (Å²) in [6.45, 7) is 4.39. The molecule has 0 aliphatic heterocycles.